The van der Waals surface area contributed by atoms with Crippen LogP contribution >= 0.6 is 0 Å². The van der Waals surface area contributed by atoms with Gasteiger partial charge in [0.1, 0.15) is 0 Å². The first-order valence-corrected chi connectivity index (χ1v) is 9.13. The van der Waals surface area contributed by atoms with Gasteiger partial charge < -0.3 is 9.88 Å². The minimum atomic E-state index is 0.0927. The summed E-state index contributed by atoms with van der Waals surface area (Å²) in [7, 11) is 1.89. The Labute approximate surface area is 148 Å². The topological polar surface area (TPSA) is 34.0 Å². The van der Waals surface area contributed by atoms with Gasteiger partial charge in [0.2, 0.25) is 5.56 Å². The van der Waals surface area contributed by atoms with Gasteiger partial charge in [0, 0.05) is 24.8 Å². The number of hydrogen-bond acceptors (Lipinski definition) is 2. The fourth-order valence-corrected chi connectivity index (χ4v) is 4.06. The monoisotopic (exact) mass is 332 g/mol. The quantitative estimate of drug-likeness (QED) is 0.789. The van der Waals surface area contributed by atoms with Crippen LogP contribution in [0.3, 0.4) is 0 Å². The van der Waals surface area contributed by atoms with Crippen molar-refractivity contribution in [2.45, 2.75) is 31.7 Å². The van der Waals surface area contributed by atoms with Gasteiger partial charge in [0.05, 0.1) is 0 Å². The van der Waals surface area contributed by atoms with E-state index in [1.807, 2.05) is 17.7 Å². The highest BCUT2D eigenvalue weighted by molar-refractivity contribution is 5.85. The smallest absolute Gasteiger partial charge is 0.250 e. The SMILES string of the molecule is Cn1c2c(ccc1=O)C(NCCc1cccc3ccccc13)CCC2. The third-order valence-corrected chi connectivity index (χ3v) is 5.42. The second kappa shape index (κ2) is 6.85. The predicted molar refractivity (Wildman–Crippen MR) is 103 cm³/mol. The molecular formula is C22H24N2O. The van der Waals surface area contributed by atoms with Gasteiger partial charge in [0.15, 0.2) is 0 Å². The van der Waals surface area contributed by atoms with Crippen molar-refractivity contribution in [2.24, 2.45) is 7.05 Å². The summed E-state index contributed by atoms with van der Waals surface area (Å²) in [4.78, 5) is 11.9. The van der Waals surface area contributed by atoms with Gasteiger partial charge in [0.25, 0.3) is 0 Å². The lowest BCUT2D eigenvalue weighted by molar-refractivity contribution is 0.449. The van der Waals surface area contributed by atoms with Gasteiger partial charge in [-0.05, 0) is 54.1 Å². The Morgan fingerprint density at radius 2 is 1.92 bits per heavy atom. The highest BCUT2D eigenvalue weighted by Crippen LogP contribution is 2.28. The van der Waals surface area contributed by atoms with Crippen LogP contribution in [0, 0.1) is 0 Å². The minimum absolute atomic E-state index is 0.0927. The van der Waals surface area contributed by atoms with Crippen molar-refractivity contribution in [2.75, 3.05) is 6.54 Å². The Bertz CT molecular complexity index is 952. The van der Waals surface area contributed by atoms with Gasteiger partial charge in [-0.1, -0.05) is 48.5 Å². The molecule has 0 spiro atoms. The molecule has 3 nitrogen and oxygen atoms in total. The first-order valence-electron chi connectivity index (χ1n) is 9.13. The molecule has 1 heterocycles. The summed E-state index contributed by atoms with van der Waals surface area (Å²) < 4.78 is 1.81. The zero-order valence-electron chi connectivity index (χ0n) is 14.7. The van der Waals surface area contributed by atoms with E-state index in [0.717, 1.165) is 32.2 Å². The van der Waals surface area contributed by atoms with Crippen LogP contribution in [0.15, 0.2) is 59.4 Å². The van der Waals surface area contributed by atoms with Crippen LogP contribution in [0.4, 0.5) is 0 Å². The molecule has 0 saturated heterocycles. The maximum Gasteiger partial charge on any atom is 0.250 e. The van der Waals surface area contributed by atoms with E-state index in [2.05, 4.69) is 47.8 Å². The Balaban J connectivity index is 1.50. The first kappa shape index (κ1) is 16.1. The normalized spacial score (nSPS) is 16.8. The third kappa shape index (κ3) is 3.12. The summed E-state index contributed by atoms with van der Waals surface area (Å²) in [6.07, 6.45) is 4.29. The molecule has 0 amide bonds. The number of aromatic nitrogens is 1. The minimum Gasteiger partial charge on any atom is -0.315 e. The summed E-state index contributed by atoms with van der Waals surface area (Å²) in [6.45, 7) is 0.945. The number of hydrogen-bond donors (Lipinski definition) is 1. The fourth-order valence-electron chi connectivity index (χ4n) is 4.06. The molecule has 3 aromatic rings. The summed E-state index contributed by atoms with van der Waals surface area (Å²) in [5.41, 5.74) is 3.98. The average Bonchev–Trinajstić information content (AvgIpc) is 2.65. The molecule has 2 aromatic carbocycles. The Morgan fingerprint density at radius 3 is 2.84 bits per heavy atom. The van der Waals surface area contributed by atoms with E-state index in [0.29, 0.717) is 6.04 Å². The van der Waals surface area contributed by atoms with Gasteiger partial charge in [-0.25, -0.2) is 0 Å². The predicted octanol–water partition coefficient (Wildman–Crippen LogP) is 3.75. The molecule has 4 rings (SSSR count). The van der Waals surface area contributed by atoms with Crippen LogP contribution < -0.4 is 10.9 Å². The van der Waals surface area contributed by atoms with Crippen molar-refractivity contribution in [3.8, 4) is 0 Å². The van der Waals surface area contributed by atoms with Crippen LogP contribution in [-0.2, 0) is 19.9 Å². The third-order valence-electron chi connectivity index (χ3n) is 5.42. The van der Waals surface area contributed by atoms with Crippen molar-refractivity contribution < 1.29 is 0 Å². The molecule has 1 atom stereocenters. The number of rotatable bonds is 4. The van der Waals surface area contributed by atoms with Crippen LogP contribution in [-0.4, -0.2) is 11.1 Å². The molecule has 0 fully saturated rings. The average molecular weight is 332 g/mol. The molecule has 25 heavy (non-hydrogen) atoms. The lowest BCUT2D eigenvalue weighted by atomic mass is 9.90. The summed E-state index contributed by atoms with van der Waals surface area (Å²) in [5.74, 6) is 0. The molecule has 1 aliphatic carbocycles. The van der Waals surface area contributed by atoms with E-state index >= 15 is 0 Å². The second-order valence-electron chi connectivity index (χ2n) is 6.92. The lowest BCUT2D eigenvalue weighted by Crippen LogP contribution is -2.31. The molecule has 0 radical (unpaired) electrons. The van der Waals surface area contributed by atoms with E-state index in [9.17, 15) is 4.79 Å². The highest BCUT2D eigenvalue weighted by atomic mass is 16.1. The van der Waals surface area contributed by atoms with Crippen molar-refractivity contribution in [1.29, 1.82) is 0 Å². The molecule has 0 bridgehead atoms. The van der Waals surface area contributed by atoms with E-state index < -0.39 is 0 Å². The lowest BCUT2D eigenvalue weighted by Gasteiger charge is -2.28. The molecule has 0 saturated carbocycles. The molecule has 3 heteroatoms. The van der Waals surface area contributed by atoms with Crippen molar-refractivity contribution >= 4 is 10.8 Å². The largest absolute Gasteiger partial charge is 0.315 e. The zero-order valence-corrected chi connectivity index (χ0v) is 14.7. The van der Waals surface area contributed by atoms with Crippen LogP contribution in [0.2, 0.25) is 0 Å². The summed E-state index contributed by atoms with van der Waals surface area (Å²) >= 11 is 0. The number of nitrogens with zero attached hydrogens (tertiary/aromatic N) is 1. The second-order valence-corrected chi connectivity index (χ2v) is 6.92. The van der Waals surface area contributed by atoms with Crippen LogP contribution in [0.1, 0.15) is 35.7 Å². The highest BCUT2D eigenvalue weighted by Gasteiger charge is 2.21. The van der Waals surface area contributed by atoms with Gasteiger partial charge in [-0.15, -0.1) is 0 Å². The number of nitrogens with one attached hydrogen (secondary N) is 1. The number of pyridine rings is 1. The van der Waals surface area contributed by atoms with Crippen LogP contribution in [0.5, 0.6) is 0 Å². The maximum atomic E-state index is 11.9. The molecule has 1 aromatic heterocycles. The zero-order chi connectivity index (χ0) is 17.2. The fraction of sp³-hybridized carbons (Fsp3) is 0.318. The molecule has 0 aliphatic heterocycles. The summed E-state index contributed by atoms with van der Waals surface area (Å²) in [5, 5.41) is 6.37. The molecule has 1 unspecified atom stereocenters. The number of fused-ring (bicyclic) bond motifs is 2. The standard InChI is InChI=1S/C22H24N2O/c1-24-21-11-5-10-20(19(21)12-13-22(24)25)23-15-14-17-8-4-7-16-6-2-3-9-18(16)17/h2-4,6-9,12-13,20,23H,5,10-11,14-15H2,1H3. The Morgan fingerprint density at radius 1 is 1.08 bits per heavy atom. The van der Waals surface area contributed by atoms with Crippen molar-refractivity contribution in [3.05, 3.63) is 81.8 Å². The molecule has 1 aliphatic rings. The van der Waals surface area contributed by atoms with Gasteiger partial charge in [-0.3, -0.25) is 4.79 Å². The van der Waals surface area contributed by atoms with Crippen molar-refractivity contribution in [3.63, 3.8) is 0 Å². The van der Waals surface area contributed by atoms with Crippen LogP contribution in [0.25, 0.3) is 10.8 Å². The maximum absolute atomic E-state index is 11.9. The Hall–Kier alpha value is -2.39. The van der Waals surface area contributed by atoms with Crippen molar-refractivity contribution in [1.82, 2.24) is 9.88 Å². The molecular weight excluding hydrogens is 308 g/mol. The molecule has 1 N–H and O–H groups in total. The van der Waals surface area contributed by atoms with Gasteiger partial charge >= 0.3 is 0 Å². The molecule has 128 valence electrons. The number of benzene rings is 2. The van der Waals surface area contributed by atoms with E-state index in [1.54, 1.807) is 6.07 Å². The van der Waals surface area contributed by atoms with E-state index in [-0.39, 0.29) is 5.56 Å². The van der Waals surface area contributed by atoms with E-state index in [1.165, 1.54) is 27.6 Å². The Kier molecular flexibility index (Phi) is 4.41. The first-order chi connectivity index (χ1) is 12.2. The van der Waals surface area contributed by atoms with E-state index in [4.69, 9.17) is 0 Å². The summed E-state index contributed by atoms with van der Waals surface area (Å²) in [6, 6.07) is 19.2. The van der Waals surface area contributed by atoms with Gasteiger partial charge in [-0.2, -0.15) is 0 Å².